The monoisotopic (exact) mass is 346 g/mol. The van der Waals surface area contributed by atoms with E-state index in [1.807, 2.05) is 40.8 Å². The first kappa shape index (κ1) is 16.6. The highest BCUT2D eigenvalue weighted by Gasteiger charge is 2.26. The van der Waals surface area contributed by atoms with Crippen LogP contribution in [0.3, 0.4) is 0 Å². The summed E-state index contributed by atoms with van der Waals surface area (Å²) >= 11 is 0. The third kappa shape index (κ3) is 2.92. The number of hydrogen-bond acceptors (Lipinski definition) is 2. The van der Waals surface area contributed by atoms with Crippen molar-refractivity contribution in [3.8, 4) is 0 Å². The lowest BCUT2D eigenvalue weighted by Gasteiger charge is -2.33. The molecule has 1 heterocycles. The molecule has 4 nitrogen and oxygen atoms in total. The van der Waals surface area contributed by atoms with Gasteiger partial charge in [0.25, 0.3) is 0 Å². The fraction of sp³-hybridized carbons (Fsp3) is 0.273. The highest BCUT2D eigenvalue weighted by atomic mass is 16.2. The number of aryl methyl sites for hydroxylation is 1. The molecule has 0 unspecified atom stereocenters. The van der Waals surface area contributed by atoms with E-state index in [2.05, 4.69) is 18.2 Å². The third-order valence-corrected chi connectivity index (χ3v) is 5.39. The van der Waals surface area contributed by atoms with Crippen LogP contribution in [0, 0.1) is 0 Å². The number of carbonyl (C=O) groups is 1. The van der Waals surface area contributed by atoms with E-state index in [0.717, 1.165) is 24.8 Å². The molecule has 0 N–H and O–H groups in total. The Morgan fingerprint density at radius 3 is 2.77 bits per heavy atom. The Morgan fingerprint density at radius 1 is 1.12 bits per heavy atom. The fourth-order valence-electron chi connectivity index (χ4n) is 3.96. The Balaban J connectivity index is 1.62. The van der Waals surface area contributed by atoms with Crippen molar-refractivity contribution in [2.75, 3.05) is 7.05 Å². The molecule has 4 rings (SSSR count). The second-order valence-corrected chi connectivity index (χ2v) is 6.94. The molecular formula is C22H22N2O2. The molecule has 2 aromatic carbocycles. The lowest BCUT2D eigenvalue weighted by molar-refractivity contribution is -0.133. The molecule has 1 amide bonds. The Morgan fingerprint density at radius 2 is 1.88 bits per heavy atom. The van der Waals surface area contributed by atoms with E-state index in [1.54, 1.807) is 12.3 Å². The van der Waals surface area contributed by atoms with E-state index < -0.39 is 0 Å². The minimum atomic E-state index is -0.0149. The maximum Gasteiger partial charge on any atom is 0.242 e. The summed E-state index contributed by atoms with van der Waals surface area (Å²) in [5.74, 6) is 0.0560. The highest BCUT2D eigenvalue weighted by molar-refractivity contribution is 5.82. The number of carbonyl (C=O) groups excluding carboxylic acids is 1. The normalized spacial score (nSPS) is 16.3. The van der Waals surface area contributed by atoms with Gasteiger partial charge in [-0.25, -0.2) is 0 Å². The standard InChI is InChI=1S/C22H22N2O2/c1-23(19-12-6-8-16-7-2-3-9-17(16)19)22(26)15-24-14-13-21(25)18-10-4-5-11-20(18)24/h2-5,7,9-11,13-14,19H,6,8,12,15H2,1H3/t19-/m1/s1. The maximum absolute atomic E-state index is 13.0. The van der Waals surface area contributed by atoms with Crippen molar-refractivity contribution in [3.05, 3.63) is 82.1 Å². The number of likely N-dealkylation sites (N-methyl/N-ethyl adjacent to an activating group) is 1. The Bertz CT molecular complexity index is 1020. The van der Waals surface area contributed by atoms with Gasteiger partial charge in [0.05, 0.1) is 11.6 Å². The lowest BCUT2D eigenvalue weighted by atomic mass is 9.87. The number of fused-ring (bicyclic) bond motifs is 2. The van der Waals surface area contributed by atoms with Gasteiger partial charge >= 0.3 is 0 Å². The first-order valence-electron chi connectivity index (χ1n) is 9.07. The van der Waals surface area contributed by atoms with E-state index in [4.69, 9.17) is 0 Å². The summed E-state index contributed by atoms with van der Waals surface area (Å²) in [6.07, 6.45) is 4.88. The van der Waals surface area contributed by atoms with Crippen molar-refractivity contribution in [1.29, 1.82) is 0 Å². The molecule has 26 heavy (non-hydrogen) atoms. The van der Waals surface area contributed by atoms with Crippen LogP contribution in [0.1, 0.15) is 30.0 Å². The van der Waals surface area contributed by atoms with Crippen LogP contribution in [0.5, 0.6) is 0 Å². The second-order valence-electron chi connectivity index (χ2n) is 6.94. The number of aromatic nitrogens is 1. The zero-order valence-electron chi connectivity index (χ0n) is 14.9. The van der Waals surface area contributed by atoms with Crippen LogP contribution in [0.2, 0.25) is 0 Å². The van der Waals surface area contributed by atoms with Crippen molar-refractivity contribution in [1.82, 2.24) is 9.47 Å². The summed E-state index contributed by atoms with van der Waals surface area (Å²) < 4.78 is 1.87. The Kier molecular flexibility index (Phi) is 4.33. The summed E-state index contributed by atoms with van der Waals surface area (Å²) in [5.41, 5.74) is 3.39. The average molecular weight is 346 g/mol. The number of benzene rings is 2. The van der Waals surface area contributed by atoms with E-state index in [1.165, 1.54) is 17.2 Å². The quantitative estimate of drug-likeness (QED) is 0.728. The number of hydrogen-bond donors (Lipinski definition) is 0. The van der Waals surface area contributed by atoms with Gasteiger partial charge in [-0.15, -0.1) is 0 Å². The van der Waals surface area contributed by atoms with E-state index in [9.17, 15) is 9.59 Å². The van der Waals surface area contributed by atoms with Crippen LogP contribution in [-0.4, -0.2) is 22.4 Å². The number of pyridine rings is 1. The molecule has 0 bridgehead atoms. The molecule has 132 valence electrons. The Labute approximate surface area is 152 Å². The predicted octanol–water partition coefficient (Wildman–Crippen LogP) is 3.54. The zero-order chi connectivity index (χ0) is 18.1. The van der Waals surface area contributed by atoms with Gasteiger partial charge in [-0.2, -0.15) is 0 Å². The maximum atomic E-state index is 13.0. The summed E-state index contributed by atoms with van der Waals surface area (Å²) in [7, 11) is 1.89. The van der Waals surface area contributed by atoms with Crippen molar-refractivity contribution < 1.29 is 4.79 Å². The smallest absolute Gasteiger partial charge is 0.242 e. The number of para-hydroxylation sites is 1. The zero-order valence-corrected chi connectivity index (χ0v) is 14.9. The topological polar surface area (TPSA) is 42.3 Å². The van der Waals surface area contributed by atoms with Gasteiger partial charge in [-0.05, 0) is 42.5 Å². The lowest BCUT2D eigenvalue weighted by Crippen LogP contribution is -2.35. The van der Waals surface area contributed by atoms with Gasteiger partial charge in [-0.1, -0.05) is 36.4 Å². The van der Waals surface area contributed by atoms with Gasteiger partial charge in [0.1, 0.15) is 6.54 Å². The van der Waals surface area contributed by atoms with Crippen LogP contribution in [-0.2, 0) is 17.8 Å². The largest absolute Gasteiger partial charge is 0.338 e. The average Bonchev–Trinajstić information content (AvgIpc) is 2.69. The van der Waals surface area contributed by atoms with Gasteiger partial charge in [0.2, 0.25) is 5.91 Å². The molecule has 0 radical (unpaired) electrons. The molecule has 1 aromatic heterocycles. The molecule has 4 heteroatoms. The number of amides is 1. The first-order chi connectivity index (χ1) is 12.6. The van der Waals surface area contributed by atoms with Crippen molar-refractivity contribution in [2.24, 2.45) is 0 Å². The molecule has 0 saturated carbocycles. The molecule has 0 saturated heterocycles. The summed E-state index contributed by atoms with van der Waals surface area (Å²) in [4.78, 5) is 26.9. The van der Waals surface area contributed by atoms with Crippen LogP contribution >= 0.6 is 0 Å². The summed E-state index contributed by atoms with van der Waals surface area (Å²) in [5, 5.41) is 0.647. The molecule has 1 atom stereocenters. The van der Waals surface area contributed by atoms with Gasteiger partial charge in [-0.3, -0.25) is 9.59 Å². The molecule has 0 aliphatic heterocycles. The molecule has 1 aliphatic carbocycles. The fourth-order valence-corrected chi connectivity index (χ4v) is 3.96. The molecule has 0 spiro atoms. The minimum absolute atomic E-state index is 0.0149. The van der Waals surface area contributed by atoms with Crippen molar-refractivity contribution >= 4 is 16.8 Å². The number of nitrogens with zero attached hydrogens (tertiary/aromatic N) is 2. The van der Waals surface area contributed by atoms with Gasteiger partial charge in [0, 0.05) is 24.7 Å². The highest BCUT2D eigenvalue weighted by Crippen LogP contribution is 2.33. The van der Waals surface area contributed by atoms with E-state index >= 15 is 0 Å². The van der Waals surface area contributed by atoms with E-state index in [-0.39, 0.29) is 23.9 Å². The van der Waals surface area contributed by atoms with Crippen LogP contribution in [0.15, 0.2) is 65.6 Å². The van der Waals surface area contributed by atoms with E-state index in [0.29, 0.717) is 5.39 Å². The predicted molar refractivity (Wildman–Crippen MR) is 103 cm³/mol. The second kappa shape index (κ2) is 6.79. The summed E-state index contributed by atoms with van der Waals surface area (Å²) in [6, 6.07) is 17.5. The van der Waals surface area contributed by atoms with Crippen LogP contribution < -0.4 is 5.43 Å². The van der Waals surface area contributed by atoms with Gasteiger partial charge in [0.15, 0.2) is 5.43 Å². The van der Waals surface area contributed by atoms with Gasteiger partial charge < -0.3 is 9.47 Å². The molecule has 0 fully saturated rings. The third-order valence-electron chi connectivity index (χ3n) is 5.39. The Hall–Kier alpha value is -2.88. The minimum Gasteiger partial charge on any atom is -0.338 e. The van der Waals surface area contributed by atoms with Crippen LogP contribution in [0.25, 0.3) is 10.9 Å². The van der Waals surface area contributed by atoms with Crippen molar-refractivity contribution in [2.45, 2.75) is 31.8 Å². The number of rotatable bonds is 3. The van der Waals surface area contributed by atoms with Crippen molar-refractivity contribution in [3.63, 3.8) is 0 Å². The summed E-state index contributed by atoms with van der Waals surface area (Å²) in [6.45, 7) is 0.232. The molecular weight excluding hydrogens is 324 g/mol. The molecule has 1 aliphatic rings. The molecule has 3 aromatic rings. The first-order valence-corrected chi connectivity index (χ1v) is 9.07. The van der Waals surface area contributed by atoms with Crippen LogP contribution in [0.4, 0.5) is 0 Å². The SMILES string of the molecule is CN(C(=O)Cn1ccc(=O)c2ccccc21)[C@@H]1CCCc2ccccc21.